The number of rotatable bonds is 11. The maximum absolute atomic E-state index is 9.91. The average Bonchev–Trinajstić information content (AvgIpc) is 2.50. The second-order valence-electron chi connectivity index (χ2n) is 5.50. The molecule has 0 radical (unpaired) electrons. The Balaban J connectivity index is 2.15. The van der Waals surface area contributed by atoms with Crippen molar-refractivity contribution in [3.05, 3.63) is 29.3 Å². The van der Waals surface area contributed by atoms with E-state index in [0.29, 0.717) is 24.1 Å². The van der Waals surface area contributed by atoms with Crippen LogP contribution in [0.4, 0.5) is 5.69 Å². The highest BCUT2D eigenvalue weighted by Gasteiger charge is 2.09. The van der Waals surface area contributed by atoms with Crippen molar-refractivity contribution in [1.29, 1.82) is 0 Å². The van der Waals surface area contributed by atoms with Gasteiger partial charge in [-0.25, -0.2) is 0 Å². The number of aliphatic hydroxyl groups excluding tert-OH is 1. The first-order valence-electron chi connectivity index (χ1n) is 7.90. The summed E-state index contributed by atoms with van der Waals surface area (Å²) in [5.74, 6) is 0.612. The van der Waals surface area contributed by atoms with E-state index in [2.05, 4.69) is 19.2 Å². The van der Waals surface area contributed by atoms with Gasteiger partial charge in [0.25, 0.3) is 0 Å². The topological polar surface area (TPSA) is 41.5 Å². The van der Waals surface area contributed by atoms with Gasteiger partial charge in [0.05, 0.1) is 12.7 Å². The molecule has 2 unspecified atom stereocenters. The lowest BCUT2D eigenvalue weighted by Gasteiger charge is -2.17. The van der Waals surface area contributed by atoms with E-state index in [1.54, 1.807) is 0 Å². The third-order valence-electron chi connectivity index (χ3n) is 3.59. The van der Waals surface area contributed by atoms with Crippen LogP contribution in [0.25, 0.3) is 0 Å². The molecule has 0 aliphatic heterocycles. The summed E-state index contributed by atoms with van der Waals surface area (Å²) < 4.78 is 5.64. The predicted molar refractivity (Wildman–Crippen MR) is 90.1 cm³/mol. The van der Waals surface area contributed by atoms with Gasteiger partial charge in [-0.05, 0) is 36.6 Å². The molecule has 0 saturated heterocycles. The Hall–Kier alpha value is -0.770. The summed E-state index contributed by atoms with van der Waals surface area (Å²) in [6.45, 7) is 6.01. The Kier molecular flexibility index (Phi) is 9.48. The number of halogens is 1. The van der Waals surface area contributed by atoms with Gasteiger partial charge in [0.1, 0.15) is 0 Å². The molecule has 1 aromatic carbocycles. The van der Waals surface area contributed by atoms with Crippen LogP contribution in [0.3, 0.4) is 0 Å². The SMILES string of the molecule is CCCCC(CC)COCC(O)CNc1ccc(Cl)cc1. The van der Waals surface area contributed by atoms with Crippen molar-refractivity contribution in [2.75, 3.05) is 25.1 Å². The van der Waals surface area contributed by atoms with Crippen LogP contribution in [-0.4, -0.2) is 31.0 Å². The molecule has 120 valence electrons. The first-order chi connectivity index (χ1) is 10.2. The van der Waals surface area contributed by atoms with Crippen LogP contribution in [0.5, 0.6) is 0 Å². The molecule has 1 aromatic rings. The monoisotopic (exact) mass is 313 g/mol. The van der Waals surface area contributed by atoms with E-state index in [1.807, 2.05) is 24.3 Å². The number of anilines is 1. The van der Waals surface area contributed by atoms with Crippen LogP contribution in [0.1, 0.15) is 39.5 Å². The lowest BCUT2D eigenvalue weighted by molar-refractivity contribution is 0.0245. The van der Waals surface area contributed by atoms with Crippen molar-refractivity contribution < 1.29 is 9.84 Å². The molecule has 0 aromatic heterocycles. The molecule has 1 rings (SSSR count). The zero-order valence-corrected chi connectivity index (χ0v) is 13.9. The quantitative estimate of drug-likeness (QED) is 0.638. The second kappa shape index (κ2) is 10.9. The van der Waals surface area contributed by atoms with Gasteiger partial charge in [-0.3, -0.25) is 0 Å². The Morgan fingerprint density at radius 1 is 1.19 bits per heavy atom. The van der Waals surface area contributed by atoms with Gasteiger partial charge in [-0.2, -0.15) is 0 Å². The highest BCUT2D eigenvalue weighted by molar-refractivity contribution is 6.30. The predicted octanol–water partition coefficient (Wildman–Crippen LogP) is 4.35. The third kappa shape index (κ3) is 8.30. The number of hydrogen-bond donors (Lipinski definition) is 2. The molecular weight excluding hydrogens is 286 g/mol. The molecule has 4 heteroatoms. The minimum atomic E-state index is -0.496. The number of aliphatic hydroxyl groups is 1. The highest BCUT2D eigenvalue weighted by atomic mass is 35.5. The van der Waals surface area contributed by atoms with E-state index in [4.69, 9.17) is 16.3 Å². The van der Waals surface area contributed by atoms with Crippen molar-refractivity contribution in [3.8, 4) is 0 Å². The van der Waals surface area contributed by atoms with E-state index in [1.165, 1.54) is 19.3 Å². The van der Waals surface area contributed by atoms with Crippen molar-refractivity contribution >= 4 is 17.3 Å². The first kappa shape index (κ1) is 18.3. The number of benzene rings is 1. The summed E-state index contributed by atoms with van der Waals surface area (Å²) in [6, 6.07) is 7.44. The van der Waals surface area contributed by atoms with Crippen LogP contribution in [0, 0.1) is 5.92 Å². The fourth-order valence-electron chi connectivity index (χ4n) is 2.13. The molecule has 0 spiro atoms. The molecule has 21 heavy (non-hydrogen) atoms. The molecule has 0 fully saturated rings. The molecule has 0 aliphatic rings. The number of nitrogens with one attached hydrogen (secondary N) is 1. The summed E-state index contributed by atoms with van der Waals surface area (Å²) in [5.41, 5.74) is 0.952. The fraction of sp³-hybridized carbons (Fsp3) is 0.647. The Labute approximate surface area is 133 Å². The molecule has 0 aliphatic carbocycles. The summed E-state index contributed by atoms with van der Waals surface area (Å²) in [7, 11) is 0. The largest absolute Gasteiger partial charge is 0.389 e. The normalized spacial score (nSPS) is 13.9. The molecular formula is C17H28ClNO2. The Bertz CT molecular complexity index is 370. The minimum Gasteiger partial charge on any atom is -0.389 e. The highest BCUT2D eigenvalue weighted by Crippen LogP contribution is 2.14. The van der Waals surface area contributed by atoms with Gasteiger partial charge < -0.3 is 15.2 Å². The molecule has 0 amide bonds. The van der Waals surface area contributed by atoms with Crippen molar-refractivity contribution in [2.24, 2.45) is 5.92 Å². The number of hydrogen-bond acceptors (Lipinski definition) is 3. The standard InChI is InChI=1S/C17H28ClNO2/c1-3-5-6-14(4-2)12-21-13-17(20)11-19-16-9-7-15(18)8-10-16/h7-10,14,17,19-20H,3-6,11-13H2,1-2H3. The van der Waals surface area contributed by atoms with Crippen molar-refractivity contribution in [1.82, 2.24) is 0 Å². The summed E-state index contributed by atoms with van der Waals surface area (Å²) in [4.78, 5) is 0. The molecule has 2 atom stereocenters. The maximum Gasteiger partial charge on any atom is 0.0945 e. The van der Waals surface area contributed by atoms with Gasteiger partial charge in [0.2, 0.25) is 0 Å². The summed E-state index contributed by atoms with van der Waals surface area (Å²) in [5, 5.41) is 13.8. The second-order valence-corrected chi connectivity index (χ2v) is 5.93. The first-order valence-corrected chi connectivity index (χ1v) is 8.28. The van der Waals surface area contributed by atoms with E-state index in [-0.39, 0.29) is 0 Å². The molecule has 0 heterocycles. The Morgan fingerprint density at radius 2 is 1.90 bits per heavy atom. The van der Waals surface area contributed by atoms with Crippen LogP contribution in [0.2, 0.25) is 5.02 Å². The molecule has 0 bridgehead atoms. The maximum atomic E-state index is 9.91. The fourth-order valence-corrected chi connectivity index (χ4v) is 2.26. The van der Waals surface area contributed by atoms with E-state index >= 15 is 0 Å². The molecule has 3 nitrogen and oxygen atoms in total. The third-order valence-corrected chi connectivity index (χ3v) is 3.85. The van der Waals surface area contributed by atoms with Crippen LogP contribution < -0.4 is 5.32 Å². The van der Waals surface area contributed by atoms with Crippen LogP contribution in [-0.2, 0) is 4.74 Å². The number of ether oxygens (including phenoxy) is 1. The van der Waals surface area contributed by atoms with E-state index in [9.17, 15) is 5.11 Å². The van der Waals surface area contributed by atoms with Gasteiger partial charge in [0, 0.05) is 23.9 Å². The van der Waals surface area contributed by atoms with Gasteiger partial charge in [-0.15, -0.1) is 0 Å². The van der Waals surface area contributed by atoms with Gasteiger partial charge in [-0.1, -0.05) is 44.7 Å². The average molecular weight is 314 g/mol. The molecule has 0 saturated carbocycles. The number of unbranched alkanes of at least 4 members (excludes halogenated alkanes) is 1. The zero-order chi connectivity index (χ0) is 15.5. The van der Waals surface area contributed by atoms with Crippen LogP contribution in [0.15, 0.2) is 24.3 Å². The summed E-state index contributed by atoms with van der Waals surface area (Å²) >= 11 is 5.83. The van der Waals surface area contributed by atoms with Gasteiger partial charge >= 0.3 is 0 Å². The van der Waals surface area contributed by atoms with E-state index < -0.39 is 6.10 Å². The van der Waals surface area contributed by atoms with Crippen molar-refractivity contribution in [3.63, 3.8) is 0 Å². The Morgan fingerprint density at radius 3 is 2.52 bits per heavy atom. The lowest BCUT2D eigenvalue weighted by atomic mass is 10.0. The molecule has 2 N–H and O–H groups in total. The smallest absolute Gasteiger partial charge is 0.0945 e. The van der Waals surface area contributed by atoms with Crippen LogP contribution >= 0.6 is 11.6 Å². The van der Waals surface area contributed by atoms with Crippen molar-refractivity contribution in [2.45, 2.75) is 45.6 Å². The zero-order valence-electron chi connectivity index (χ0n) is 13.1. The minimum absolute atomic E-state index is 0.378. The lowest BCUT2D eigenvalue weighted by Crippen LogP contribution is -2.26. The summed E-state index contributed by atoms with van der Waals surface area (Å²) in [6.07, 6.45) is 4.34. The van der Waals surface area contributed by atoms with Gasteiger partial charge in [0.15, 0.2) is 0 Å². The van der Waals surface area contributed by atoms with E-state index in [0.717, 1.165) is 18.7 Å².